The maximum atomic E-state index is 4.07. The highest BCUT2D eigenvalue weighted by Crippen LogP contribution is 2.10. The van der Waals surface area contributed by atoms with Crippen LogP contribution in [0.4, 0.5) is 0 Å². The second-order valence-electron chi connectivity index (χ2n) is 2.24. The van der Waals surface area contributed by atoms with Crippen molar-refractivity contribution < 1.29 is 0 Å². The number of allylic oxidation sites excluding steroid dienone is 4. The largest absolute Gasteiger partial charge is 0.293 e. The average molecular weight is 149 g/mol. The Hall–Kier alpha value is -1.11. The van der Waals surface area contributed by atoms with Crippen LogP contribution in [-0.4, -0.2) is 12.8 Å². The molecule has 0 fully saturated rings. The SMILES string of the molecule is C=CC(=C)/C(=C/C)C(C)=NC. The van der Waals surface area contributed by atoms with Crippen LogP contribution < -0.4 is 0 Å². The average Bonchev–Trinajstić information content (AvgIpc) is 2.05. The van der Waals surface area contributed by atoms with Gasteiger partial charge in [0.25, 0.3) is 0 Å². The van der Waals surface area contributed by atoms with Crippen molar-refractivity contribution in [2.45, 2.75) is 13.8 Å². The van der Waals surface area contributed by atoms with E-state index in [9.17, 15) is 0 Å². The Morgan fingerprint density at radius 3 is 2.27 bits per heavy atom. The standard InChI is InChI=1S/C10H15N/c1-6-8(3)10(7-2)9(4)11-5/h6-7H,1,3H2,2,4-5H3/b10-7-,11-9?. The van der Waals surface area contributed by atoms with E-state index in [1.165, 1.54) is 0 Å². The lowest BCUT2D eigenvalue weighted by atomic mass is 10.0. The van der Waals surface area contributed by atoms with Crippen molar-refractivity contribution in [3.05, 3.63) is 36.5 Å². The summed E-state index contributed by atoms with van der Waals surface area (Å²) in [7, 11) is 1.77. The monoisotopic (exact) mass is 149 g/mol. The van der Waals surface area contributed by atoms with Crippen LogP contribution in [-0.2, 0) is 0 Å². The first-order valence-electron chi connectivity index (χ1n) is 3.59. The molecule has 11 heavy (non-hydrogen) atoms. The number of nitrogens with zero attached hydrogens (tertiary/aromatic N) is 1. The molecule has 0 atom stereocenters. The fourth-order valence-corrected chi connectivity index (χ4v) is 0.857. The van der Waals surface area contributed by atoms with Gasteiger partial charge < -0.3 is 0 Å². The van der Waals surface area contributed by atoms with E-state index in [4.69, 9.17) is 0 Å². The number of hydrogen-bond donors (Lipinski definition) is 0. The van der Waals surface area contributed by atoms with Crippen molar-refractivity contribution in [2.75, 3.05) is 7.05 Å². The third-order valence-corrected chi connectivity index (χ3v) is 1.61. The molecule has 0 amide bonds. The van der Waals surface area contributed by atoms with E-state index in [0.717, 1.165) is 16.9 Å². The summed E-state index contributed by atoms with van der Waals surface area (Å²) >= 11 is 0. The van der Waals surface area contributed by atoms with Gasteiger partial charge in [0.05, 0.1) is 0 Å². The van der Waals surface area contributed by atoms with Crippen molar-refractivity contribution in [1.29, 1.82) is 0 Å². The maximum Gasteiger partial charge on any atom is 0.0388 e. The summed E-state index contributed by atoms with van der Waals surface area (Å²) in [4.78, 5) is 4.07. The highest BCUT2D eigenvalue weighted by molar-refractivity contribution is 6.02. The van der Waals surface area contributed by atoms with Gasteiger partial charge in [-0.1, -0.05) is 25.3 Å². The predicted molar refractivity (Wildman–Crippen MR) is 52.1 cm³/mol. The summed E-state index contributed by atoms with van der Waals surface area (Å²) in [6, 6.07) is 0. The van der Waals surface area contributed by atoms with Crippen molar-refractivity contribution in [3.8, 4) is 0 Å². The highest BCUT2D eigenvalue weighted by Gasteiger charge is 1.99. The fraction of sp³-hybridized carbons (Fsp3) is 0.300. The molecule has 0 N–H and O–H groups in total. The van der Waals surface area contributed by atoms with E-state index in [1.807, 2.05) is 19.9 Å². The van der Waals surface area contributed by atoms with Gasteiger partial charge in [0, 0.05) is 12.8 Å². The molecule has 0 spiro atoms. The summed E-state index contributed by atoms with van der Waals surface area (Å²) in [5, 5.41) is 0. The van der Waals surface area contributed by atoms with Crippen molar-refractivity contribution in [3.63, 3.8) is 0 Å². The number of aliphatic imine (C=N–C) groups is 1. The van der Waals surface area contributed by atoms with Gasteiger partial charge >= 0.3 is 0 Å². The third kappa shape index (κ3) is 2.54. The minimum Gasteiger partial charge on any atom is -0.293 e. The molecule has 0 aromatic heterocycles. The Bertz CT molecular complexity index is 215. The van der Waals surface area contributed by atoms with Crippen LogP contribution in [0.25, 0.3) is 0 Å². The summed E-state index contributed by atoms with van der Waals surface area (Å²) in [6.45, 7) is 11.4. The molecule has 1 nitrogen and oxygen atoms in total. The summed E-state index contributed by atoms with van der Waals surface area (Å²) in [5.74, 6) is 0. The first-order chi connectivity index (χ1) is 5.17. The molecule has 0 aromatic carbocycles. The summed E-state index contributed by atoms with van der Waals surface area (Å²) in [5.41, 5.74) is 3.00. The van der Waals surface area contributed by atoms with Gasteiger partial charge in [-0.2, -0.15) is 0 Å². The van der Waals surface area contributed by atoms with E-state index in [-0.39, 0.29) is 0 Å². The topological polar surface area (TPSA) is 12.4 Å². The molecule has 0 aromatic rings. The molecule has 0 unspecified atom stereocenters. The van der Waals surface area contributed by atoms with Gasteiger partial charge in [0.1, 0.15) is 0 Å². The molecule has 0 aliphatic heterocycles. The fourth-order valence-electron chi connectivity index (χ4n) is 0.857. The molecule has 1 heteroatoms. The van der Waals surface area contributed by atoms with Crippen LogP contribution >= 0.6 is 0 Å². The summed E-state index contributed by atoms with van der Waals surface area (Å²) < 4.78 is 0. The van der Waals surface area contributed by atoms with Crippen molar-refractivity contribution >= 4 is 5.71 Å². The zero-order valence-electron chi connectivity index (χ0n) is 7.52. The first-order valence-corrected chi connectivity index (χ1v) is 3.59. The van der Waals surface area contributed by atoms with E-state index in [1.54, 1.807) is 13.1 Å². The zero-order valence-corrected chi connectivity index (χ0v) is 7.52. The molecule has 0 saturated heterocycles. The van der Waals surface area contributed by atoms with Crippen molar-refractivity contribution in [1.82, 2.24) is 0 Å². The normalized spacial score (nSPS) is 13.0. The lowest BCUT2D eigenvalue weighted by molar-refractivity contribution is 1.39. The predicted octanol–water partition coefficient (Wildman–Crippen LogP) is 2.77. The minimum absolute atomic E-state index is 0.926. The molecule has 0 heterocycles. The second-order valence-corrected chi connectivity index (χ2v) is 2.24. The minimum atomic E-state index is 0.926. The first kappa shape index (κ1) is 9.89. The van der Waals surface area contributed by atoms with Gasteiger partial charge in [0.2, 0.25) is 0 Å². The van der Waals surface area contributed by atoms with E-state index < -0.39 is 0 Å². The quantitative estimate of drug-likeness (QED) is 0.432. The molecular formula is C10H15N. The van der Waals surface area contributed by atoms with E-state index >= 15 is 0 Å². The van der Waals surface area contributed by atoms with Crippen LogP contribution in [0.2, 0.25) is 0 Å². The molecule has 0 radical (unpaired) electrons. The van der Waals surface area contributed by atoms with E-state index in [2.05, 4.69) is 18.2 Å². The highest BCUT2D eigenvalue weighted by atomic mass is 14.7. The van der Waals surface area contributed by atoms with Crippen LogP contribution in [0.5, 0.6) is 0 Å². The Morgan fingerprint density at radius 1 is 1.45 bits per heavy atom. The maximum absolute atomic E-state index is 4.07. The Balaban J connectivity index is 4.71. The molecule has 0 aliphatic rings. The zero-order chi connectivity index (χ0) is 8.85. The van der Waals surface area contributed by atoms with Crippen molar-refractivity contribution in [2.24, 2.45) is 4.99 Å². The molecular weight excluding hydrogens is 134 g/mol. The van der Waals surface area contributed by atoms with Crippen LogP contribution in [0.1, 0.15) is 13.8 Å². The van der Waals surface area contributed by atoms with Crippen LogP contribution in [0.15, 0.2) is 41.4 Å². The second kappa shape index (κ2) is 4.67. The van der Waals surface area contributed by atoms with Gasteiger partial charge in [-0.25, -0.2) is 0 Å². The number of hydrogen-bond acceptors (Lipinski definition) is 1. The van der Waals surface area contributed by atoms with E-state index in [0.29, 0.717) is 0 Å². The molecule has 60 valence electrons. The number of rotatable bonds is 3. The summed E-state index contributed by atoms with van der Waals surface area (Å²) in [6.07, 6.45) is 3.73. The smallest absolute Gasteiger partial charge is 0.0388 e. The molecule has 0 aliphatic carbocycles. The van der Waals surface area contributed by atoms with Crippen LogP contribution in [0.3, 0.4) is 0 Å². The molecule has 0 saturated carbocycles. The Morgan fingerprint density at radius 2 is 2.00 bits per heavy atom. The molecule has 0 rings (SSSR count). The van der Waals surface area contributed by atoms with Gasteiger partial charge in [-0.15, -0.1) is 0 Å². The van der Waals surface area contributed by atoms with Gasteiger partial charge in [-0.05, 0) is 25.0 Å². The Kier molecular flexibility index (Phi) is 4.20. The lowest BCUT2D eigenvalue weighted by Crippen LogP contribution is -1.97. The third-order valence-electron chi connectivity index (χ3n) is 1.61. The van der Waals surface area contributed by atoms with Crippen LogP contribution in [0, 0.1) is 0 Å². The lowest BCUT2D eigenvalue weighted by Gasteiger charge is -2.04. The Labute approximate surface area is 68.9 Å². The van der Waals surface area contributed by atoms with Gasteiger partial charge in [0.15, 0.2) is 0 Å². The molecule has 0 bridgehead atoms. The van der Waals surface area contributed by atoms with Gasteiger partial charge in [-0.3, -0.25) is 4.99 Å².